The van der Waals surface area contributed by atoms with Crippen LogP contribution < -0.4 is 21.3 Å². The molecule has 2 aromatic carbocycles. The molecule has 0 aliphatic heterocycles. The maximum absolute atomic E-state index is 12.3. The molecule has 8 heteroatoms. The van der Waals surface area contributed by atoms with Crippen molar-refractivity contribution < 1.29 is 14.4 Å². The minimum absolute atomic E-state index is 0.159. The number of carbonyl (C=O) groups excluding carboxylic acids is 3. The molecular weight excluding hydrogens is 424 g/mol. The molecule has 4 amide bonds. The van der Waals surface area contributed by atoms with Crippen molar-refractivity contribution in [3.05, 3.63) is 58.1 Å². The van der Waals surface area contributed by atoms with Gasteiger partial charge in [0.2, 0.25) is 5.91 Å². The molecule has 0 atom stereocenters. The van der Waals surface area contributed by atoms with Crippen molar-refractivity contribution in [2.45, 2.75) is 25.8 Å². The zero-order valence-corrected chi connectivity index (χ0v) is 16.9. The van der Waals surface area contributed by atoms with Crippen LogP contribution in [0, 0.1) is 6.92 Å². The average Bonchev–Trinajstić information content (AvgIpc) is 3.47. The molecule has 1 aliphatic carbocycles. The Morgan fingerprint density at radius 1 is 1.04 bits per heavy atom. The first kappa shape index (κ1) is 19.9. The summed E-state index contributed by atoms with van der Waals surface area (Å²) in [4.78, 5) is 36.2. The quantitative estimate of drug-likeness (QED) is 0.549. The number of amides is 4. The Hall–Kier alpha value is -2.87. The monoisotopic (exact) mass is 444 g/mol. The van der Waals surface area contributed by atoms with E-state index in [1.165, 1.54) is 0 Å². The summed E-state index contributed by atoms with van der Waals surface area (Å²) in [6.07, 6.45) is 2.00. The normalized spacial score (nSPS) is 12.8. The Labute approximate surface area is 171 Å². The van der Waals surface area contributed by atoms with E-state index in [1.54, 1.807) is 30.3 Å². The van der Waals surface area contributed by atoms with Crippen LogP contribution in [0.3, 0.4) is 0 Å². The fourth-order valence-electron chi connectivity index (χ4n) is 2.51. The molecule has 28 heavy (non-hydrogen) atoms. The predicted octanol–water partition coefficient (Wildman–Crippen LogP) is 3.41. The predicted molar refractivity (Wildman–Crippen MR) is 111 cm³/mol. The molecule has 0 aromatic heterocycles. The first-order chi connectivity index (χ1) is 13.4. The Morgan fingerprint density at radius 2 is 1.79 bits per heavy atom. The molecule has 0 bridgehead atoms. The molecule has 1 fully saturated rings. The SMILES string of the molecule is Cc1cc(NC(=O)CNC(=O)c2cccc(NC(=O)NC3CC3)c2)ccc1Br. The van der Waals surface area contributed by atoms with Gasteiger partial charge in [0, 0.05) is 27.5 Å². The largest absolute Gasteiger partial charge is 0.343 e. The Bertz CT molecular complexity index is 912. The second-order valence-electron chi connectivity index (χ2n) is 6.65. The molecular formula is C20H21BrN4O3. The van der Waals surface area contributed by atoms with E-state index in [9.17, 15) is 14.4 Å². The highest BCUT2D eigenvalue weighted by Crippen LogP contribution is 2.20. The van der Waals surface area contributed by atoms with E-state index in [1.807, 2.05) is 19.1 Å². The molecule has 1 saturated carbocycles. The van der Waals surface area contributed by atoms with E-state index in [0.717, 1.165) is 22.9 Å². The molecule has 4 N–H and O–H groups in total. The molecule has 1 aliphatic rings. The van der Waals surface area contributed by atoms with Gasteiger partial charge in [-0.3, -0.25) is 9.59 Å². The highest BCUT2D eigenvalue weighted by molar-refractivity contribution is 9.10. The van der Waals surface area contributed by atoms with Crippen LogP contribution in [0.5, 0.6) is 0 Å². The standard InChI is InChI=1S/C20H21BrN4O3/c1-12-9-16(7-8-17(12)21)23-18(26)11-22-19(27)13-3-2-4-15(10-13)25-20(28)24-14-5-6-14/h2-4,7-10,14H,5-6,11H2,1H3,(H,22,27)(H,23,26)(H2,24,25,28). The Kier molecular flexibility index (Phi) is 6.30. The third-order valence-electron chi connectivity index (χ3n) is 4.15. The highest BCUT2D eigenvalue weighted by Gasteiger charge is 2.23. The van der Waals surface area contributed by atoms with Crippen LogP contribution in [0.25, 0.3) is 0 Å². The molecule has 7 nitrogen and oxygen atoms in total. The van der Waals surface area contributed by atoms with Crippen LogP contribution in [0.15, 0.2) is 46.9 Å². The zero-order valence-electron chi connectivity index (χ0n) is 15.3. The van der Waals surface area contributed by atoms with E-state index in [4.69, 9.17) is 0 Å². The van der Waals surface area contributed by atoms with Crippen molar-refractivity contribution in [3.8, 4) is 0 Å². The summed E-state index contributed by atoms with van der Waals surface area (Å²) >= 11 is 3.41. The fraction of sp³-hybridized carbons (Fsp3) is 0.250. The molecule has 0 radical (unpaired) electrons. The van der Waals surface area contributed by atoms with Crippen LogP contribution >= 0.6 is 15.9 Å². The lowest BCUT2D eigenvalue weighted by atomic mass is 10.2. The number of hydrogen-bond donors (Lipinski definition) is 4. The summed E-state index contributed by atoms with van der Waals surface area (Å²) in [5.41, 5.74) is 2.53. The second kappa shape index (κ2) is 8.88. The zero-order chi connectivity index (χ0) is 20.1. The van der Waals surface area contributed by atoms with Crippen molar-refractivity contribution >= 4 is 45.2 Å². The van der Waals surface area contributed by atoms with Gasteiger partial charge >= 0.3 is 6.03 Å². The van der Waals surface area contributed by atoms with Gasteiger partial charge < -0.3 is 21.3 Å². The summed E-state index contributed by atoms with van der Waals surface area (Å²) in [7, 11) is 0. The van der Waals surface area contributed by atoms with Crippen molar-refractivity contribution in [1.29, 1.82) is 0 Å². The van der Waals surface area contributed by atoms with Gasteiger partial charge in [-0.15, -0.1) is 0 Å². The van der Waals surface area contributed by atoms with Gasteiger partial charge in [-0.1, -0.05) is 22.0 Å². The number of urea groups is 1. The van der Waals surface area contributed by atoms with E-state index >= 15 is 0 Å². The maximum Gasteiger partial charge on any atom is 0.319 e. The Morgan fingerprint density at radius 3 is 2.50 bits per heavy atom. The summed E-state index contributed by atoms with van der Waals surface area (Å²) < 4.78 is 0.957. The van der Waals surface area contributed by atoms with E-state index in [-0.39, 0.29) is 24.5 Å². The maximum atomic E-state index is 12.3. The van der Waals surface area contributed by atoms with Gasteiger partial charge in [0.15, 0.2) is 0 Å². The molecule has 3 rings (SSSR count). The fourth-order valence-corrected chi connectivity index (χ4v) is 2.76. The number of carbonyl (C=O) groups is 3. The van der Waals surface area contributed by atoms with Crippen LogP contribution in [-0.4, -0.2) is 30.4 Å². The van der Waals surface area contributed by atoms with E-state index < -0.39 is 5.91 Å². The number of anilines is 2. The number of rotatable bonds is 6. The molecule has 2 aromatic rings. The number of aryl methyl sites for hydroxylation is 1. The Balaban J connectivity index is 1.50. The third kappa shape index (κ3) is 5.82. The van der Waals surface area contributed by atoms with Gasteiger partial charge in [0.1, 0.15) is 0 Å². The van der Waals surface area contributed by atoms with Crippen LogP contribution in [0.2, 0.25) is 0 Å². The van der Waals surface area contributed by atoms with Crippen molar-refractivity contribution in [3.63, 3.8) is 0 Å². The van der Waals surface area contributed by atoms with Gasteiger partial charge in [-0.05, 0) is 61.7 Å². The second-order valence-corrected chi connectivity index (χ2v) is 7.50. The first-order valence-electron chi connectivity index (χ1n) is 8.92. The van der Waals surface area contributed by atoms with Gasteiger partial charge in [0.25, 0.3) is 5.91 Å². The van der Waals surface area contributed by atoms with Crippen molar-refractivity contribution in [2.24, 2.45) is 0 Å². The summed E-state index contributed by atoms with van der Waals surface area (Å²) in [5.74, 6) is -0.721. The van der Waals surface area contributed by atoms with Gasteiger partial charge in [-0.25, -0.2) is 4.79 Å². The molecule has 0 unspecified atom stereocenters. The summed E-state index contributed by atoms with van der Waals surface area (Å²) in [6, 6.07) is 12.0. The van der Waals surface area contributed by atoms with Crippen molar-refractivity contribution in [2.75, 3.05) is 17.2 Å². The minimum atomic E-state index is -0.395. The molecule has 0 saturated heterocycles. The van der Waals surface area contributed by atoms with Crippen molar-refractivity contribution in [1.82, 2.24) is 10.6 Å². The van der Waals surface area contributed by atoms with Crippen LogP contribution in [-0.2, 0) is 4.79 Å². The summed E-state index contributed by atoms with van der Waals surface area (Å²) in [6.45, 7) is 1.77. The minimum Gasteiger partial charge on any atom is -0.343 e. The highest BCUT2D eigenvalue weighted by atomic mass is 79.9. The smallest absolute Gasteiger partial charge is 0.319 e. The number of benzene rings is 2. The molecule has 146 valence electrons. The van der Waals surface area contributed by atoms with E-state index in [0.29, 0.717) is 16.9 Å². The number of nitrogens with one attached hydrogen (secondary N) is 4. The van der Waals surface area contributed by atoms with Crippen LogP contribution in [0.4, 0.5) is 16.2 Å². The third-order valence-corrected chi connectivity index (χ3v) is 5.04. The first-order valence-corrected chi connectivity index (χ1v) is 9.72. The summed E-state index contributed by atoms with van der Waals surface area (Å²) in [5, 5.41) is 10.8. The number of halogens is 1. The topological polar surface area (TPSA) is 99.3 Å². The van der Waals surface area contributed by atoms with Crippen LogP contribution in [0.1, 0.15) is 28.8 Å². The van der Waals surface area contributed by atoms with Gasteiger partial charge in [0.05, 0.1) is 6.54 Å². The number of hydrogen-bond acceptors (Lipinski definition) is 3. The molecule has 0 spiro atoms. The van der Waals surface area contributed by atoms with E-state index in [2.05, 4.69) is 37.2 Å². The lowest BCUT2D eigenvalue weighted by molar-refractivity contribution is -0.115. The lowest BCUT2D eigenvalue weighted by Gasteiger charge is -2.10. The average molecular weight is 445 g/mol. The van der Waals surface area contributed by atoms with Gasteiger partial charge in [-0.2, -0.15) is 0 Å². The molecule has 0 heterocycles. The lowest BCUT2D eigenvalue weighted by Crippen LogP contribution is -2.33.